The summed E-state index contributed by atoms with van der Waals surface area (Å²) in [5.74, 6) is 1.73. The van der Waals surface area contributed by atoms with E-state index in [0.29, 0.717) is 25.2 Å². The van der Waals surface area contributed by atoms with E-state index in [-0.39, 0.29) is 5.91 Å². The fourth-order valence-corrected chi connectivity index (χ4v) is 3.00. The van der Waals surface area contributed by atoms with Crippen LogP contribution < -0.4 is 5.32 Å². The molecule has 0 aromatic carbocycles. The second kappa shape index (κ2) is 6.95. The summed E-state index contributed by atoms with van der Waals surface area (Å²) in [6.07, 6.45) is 5.44. The van der Waals surface area contributed by atoms with E-state index < -0.39 is 0 Å². The first-order valence-corrected chi connectivity index (χ1v) is 8.61. The van der Waals surface area contributed by atoms with E-state index in [9.17, 15) is 4.79 Å². The molecule has 0 aliphatic carbocycles. The Morgan fingerprint density at radius 1 is 1.19 bits per heavy atom. The third-order valence-electron chi connectivity index (χ3n) is 4.41. The molecule has 7 heteroatoms. The first-order chi connectivity index (χ1) is 12.7. The molecule has 0 radical (unpaired) electrons. The van der Waals surface area contributed by atoms with Crippen LogP contribution in [0.3, 0.4) is 0 Å². The van der Waals surface area contributed by atoms with E-state index in [1.165, 1.54) is 0 Å². The first kappa shape index (κ1) is 16.3. The number of amides is 1. The zero-order chi connectivity index (χ0) is 17.9. The predicted molar refractivity (Wildman–Crippen MR) is 97.5 cm³/mol. The fourth-order valence-electron chi connectivity index (χ4n) is 3.00. The van der Waals surface area contributed by atoms with Gasteiger partial charge in [-0.1, -0.05) is 6.07 Å². The summed E-state index contributed by atoms with van der Waals surface area (Å²) < 4.78 is 2.12. The van der Waals surface area contributed by atoms with Crippen molar-refractivity contribution >= 4 is 11.7 Å². The molecule has 3 aromatic rings. The zero-order valence-electron chi connectivity index (χ0n) is 14.6. The lowest BCUT2D eigenvalue weighted by molar-refractivity contribution is 0.0707. The summed E-state index contributed by atoms with van der Waals surface area (Å²) >= 11 is 0. The van der Waals surface area contributed by atoms with Crippen molar-refractivity contribution < 1.29 is 4.79 Å². The number of hydrogen-bond acceptors (Lipinski definition) is 5. The highest BCUT2D eigenvalue weighted by Crippen LogP contribution is 2.16. The van der Waals surface area contributed by atoms with Gasteiger partial charge < -0.3 is 14.8 Å². The van der Waals surface area contributed by atoms with Gasteiger partial charge in [0.25, 0.3) is 5.91 Å². The highest BCUT2D eigenvalue weighted by Gasteiger charge is 2.23. The van der Waals surface area contributed by atoms with Crippen molar-refractivity contribution in [3.05, 3.63) is 71.7 Å². The number of hydrogen-bond donors (Lipinski definition) is 1. The highest BCUT2D eigenvalue weighted by atomic mass is 16.2. The molecule has 1 aliphatic rings. The third-order valence-corrected chi connectivity index (χ3v) is 4.41. The lowest BCUT2D eigenvalue weighted by Gasteiger charge is -2.27. The molecule has 0 atom stereocenters. The van der Waals surface area contributed by atoms with E-state index in [2.05, 4.69) is 24.8 Å². The average Bonchev–Trinajstić information content (AvgIpc) is 3.09. The molecular formula is C19H20N6O. The molecule has 1 N–H and O–H groups in total. The molecule has 1 aliphatic heterocycles. The number of aryl methyl sites for hydroxylation is 1. The van der Waals surface area contributed by atoms with Crippen molar-refractivity contribution in [3.63, 3.8) is 0 Å². The van der Waals surface area contributed by atoms with E-state index in [1.807, 2.05) is 48.4 Å². The van der Waals surface area contributed by atoms with Crippen LogP contribution in [-0.2, 0) is 19.6 Å². The largest absolute Gasteiger partial charge is 0.364 e. The summed E-state index contributed by atoms with van der Waals surface area (Å²) in [4.78, 5) is 27.6. The van der Waals surface area contributed by atoms with Gasteiger partial charge in [-0.15, -0.1) is 0 Å². The van der Waals surface area contributed by atoms with E-state index in [1.54, 1.807) is 12.4 Å². The number of carbonyl (C=O) groups is 1. The quantitative estimate of drug-likeness (QED) is 0.783. The lowest BCUT2D eigenvalue weighted by Crippen LogP contribution is -2.38. The minimum Gasteiger partial charge on any atom is -0.364 e. The topological polar surface area (TPSA) is 75.9 Å². The van der Waals surface area contributed by atoms with Crippen LogP contribution in [0, 0.1) is 6.92 Å². The number of anilines is 1. The molecule has 1 amide bonds. The molecular weight excluding hydrogens is 328 g/mol. The van der Waals surface area contributed by atoms with Crippen LogP contribution in [0.1, 0.15) is 27.6 Å². The van der Waals surface area contributed by atoms with Gasteiger partial charge >= 0.3 is 0 Å². The van der Waals surface area contributed by atoms with Gasteiger partial charge in [-0.05, 0) is 31.2 Å². The monoisotopic (exact) mass is 348 g/mol. The molecule has 132 valence electrons. The molecule has 7 nitrogen and oxygen atoms in total. The molecule has 0 spiro atoms. The van der Waals surface area contributed by atoms with Crippen LogP contribution >= 0.6 is 0 Å². The number of imidazole rings is 1. The van der Waals surface area contributed by atoms with Crippen LogP contribution in [0.4, 0.5) is 5.82 Å². The molecule has 26 heavy (non-hydrogen) atoms. The second-order valence-electron chi connectivity index (χ2n) is 6.33. The van der Waals surface area contributed by atoms with Gasteiger partial charge in [0.1, 0.15) is 11.6 Å². The standard InChI is InChI=1S/C19H20N6O/c1-14-5-6-15(10-21-14)19(26)25-9-8-24-12-16(23-18(24)13-25)11-22-17-4-2-3-7-20-17/h2-7,10,12H,8-9,11,13H2,1H3,(H,20,22). The molecule has 4 rings (SSSR count). The maximum atomic E-state index is 12.7. The minimum absolute atomic E-state index is 0.0000828. The molecule has 0 saturated carbocycles. The summed E-state index contributed by atoms with van der Waals surface area (Å²) in [7, 11) is 0. The van der Waals surface area contributed by atoms with Gasteiger partial charge in [0.15, 0.2) is 0 Å². The van der Waals surface area contributed by atoms with E-state index >= 15 is 0 Å². The highest BCUT2D eigenvalue weighted by molar-refractivity contribution is 5.93. The number of nitrogens with zero attached hydrogens (tertiary/aromatic N) is 5. The Balaban J connectivity index is 1.43. The van der Waals surface area contributed by atoms with Crippen molar-refractivity contribution in [2.24, 2.45) is 0 Å². The summed E-state index contributed by atoms with van der Waals surface area (Å²) in [5, 5.41) is 3.26. The minimum atomic E-state index is -0.0000828. The molecule has 4 heterocycles. The second-order valence-corrected chi connectivity index (χ2v) is 6.33. The van der Waals surface area contributed by atoms with Crippen molar-refractivity contribution in [1.82, 2.24) is 24.4 Å². The Bertz CT molecular complexity index is 904. The van der Waals surface area contributed by atoms with Gasteiger partial charge in [-0.25, -0.2) is 9.97 Å². The van der Waals surface area contributed by atoms with Crippen molar-refractivity contribution in [2.45, 2.75) is 26.6 Å². The van der Waals surface area contributed by atoms with Crippen LogP contribution in [0.25, 0.3) is 0 Å². The number of aromatic nitrogens is 4. The average molecular weight is 348 g/mol. The number of pyridine rings is 2. The van der Waals surface area contributed by atoms with Crippen LogP contribution in [0.2, 0.25) is 0 Å². The molecule has 3 aromatic heterocycles. The van der Waals surface area contributed by atoms with Gasteiger partial charge in [-0.3, -0.25) is 9.78 Å². The Morgan fingerprint density at radius 2 is 2.12 bits per heavy atom. The van der Waals surface area contributed by atoms with Crippen molar-refractivity contribution in [2.75, 3.05) is 11.9 Å². The normalized spacial score (nSPS) is 13.3. The van der Waals surface area contributed by atoms with Crippen molar-refractivity contribution in [1.29, 1.82) is 0 Å². The van der Waals surface area contributed by atoms with Gasteiger partial charge in [0.2, 0.25) is 0 Å². The number of carbonyl (C=O) groups excluding carboxylic acids is 1. The smallest absolute Gasteiger partial charge is 0.255 e. The number of nitrogens with one attached hydrogen (secondary N) is 1. The van der Waals surface area contributed by atoms with Gasteiger partial charge in [-0.2, -0.15) is 0 Å². The van der Waals surface area contributed by atoms with Crippen molar-refractivity contribution in [3.8, 4) is 0 Å². The van der Waals surface area contributed by atoms with Gasteiger partial charge in [0, 0.05) is 37.4 Å². The Hall–Kier alpha value is -3.22. The fraction of sp³-hybridized carbons (Fsp3) is 0.263. The SMILES string of the molecule is Cc1ccc(C(=O)N2CCn3cc(CNc4ccccn4)nc3C2)cn1. The summed E-state index contributed by atoms with van der Waals surface area (Å²) in [5.41, 5.74) is 2.46. The Labute approximate surface area is 151 Å². The third kappa shape index (κ3) is 3.42. The number of fused-ring (bicyclic) bond motifs is 1. The van der Waals surface area contributed by atoms with E-state index in [4.69, 9.17) is 0 Å². The van der Waals surface area contributed by atoms with Crippen LogP contribution in [0.5, 0.6) is 0 Å². The Morgan fingerprint density at radius 3 is 2.88 bits per heavy atom. The molecule has 0 bridgehead atoms. The zero-order valence-corrected chi connectivity index (χ0v) is 14.6. The number of rotatable bonds is 4. The molecule has 0 saturated heterocycles. The summed E-state index contributed by atoms with van der Waals surface area (Å²) in [6.45, 7) is 4.44. The van der Waals surface area contributed by atoms with Crippen LogP contribution in [-0.4, -0.2) is 36.9 Å². The lowest BCUT2D eigenvalue weighted by atomic mass is 10.2. The predicted octanol–water partition coefficient (Wildman–Crippen LogP) is 2.25. The van der Waals surface area contributed by atoms with Gasteiger partial charge in [0.05, 0.1) is 24.3 Å². The summed E-state index contributed by atoms with van der Waals surface area (Å²) in [6, 6.07) is 9.44. The maximum absolute atomic E-state index is 12.7. The molecule has 0 unspecified atom stereocenters. The first-order valence-electron chi connectivity index (χ1n) is 8.61. The van der Waals surface area contributed by atoms with Crippen LogP contribution in [0.15, 0.2) is 48.9 Å². The molecule has 0 fully saturated rings. The maximum Gasteiger partial charge on any atom is 0.255 e. The van der Waals surface area contributed by atoms with E-state index in [0.717, 1.165) is 29.6 Å². The Kier molecular flexibility index (Phi) is 4.35.